The Bertz CT molecular complexity index is 1520. The predicted octanol–water partition coefficient (Wildman–Crippen LogP) is 2.11. The van der Waals surface area contributed by atoms with Crippen molar-refractivity contribution in [1.82, 2.24) is 34.7 Å². The highest BCUT2D eigenvalue weighted by Crippen LogP contribution is 2.32. The molecule has 4 aromatic heterocycles. The van der Waals surface area contributed by atoms with E-state index in [2.05, 4.69) is 25.5 Å². The molecule has 1 aromatic carbocycles. The van der Waals surface area contributed by atoms with Gasteiger partial charge >= 0.3 is 0 Å². The first-order valence-electron chi connectivity index (χ1n) is 11.4. The molecule has 6 rings (SSSR count). The van der Waals surface area contributed by atoms with Gasteiger partial charge in [0.15, 0.2) is 22.6 Å². The van der Waals surface area contributed by atoms with Crippen molar-refractivity contribution in [3.05, 3.63) is 60.5 Å². The number of nitrogens with one attached hydrogen (secondary N) is 1. The molecule has 0 saturated heterocycles. The Morgan fingerprint density at radius 1 is 1.17 bits per heavy atom. The van der Waals surface area contributed by atoms with Gasteiger partial charge in [-0.1, -0.05) is 30.3 Å². The minimum atomic E-state index is -1.24. The van der Waals surface area contributed by atoms with Gasteiger partial charge in [0.05, 0.1) is 24.0 Å². The highest BCUT2D eigenvalue weighted by Gasteiger charge is 2.41. The standard InChI is InChI=1S/C24H24N8O3/c1-24(14-6-3-2-4-7-14,22(34)27-15-9-10-16(33)12-15)32-21-17(13-26-32)20-28-19(18-8-5-11-35-18)30-31(20)23(25)29-21/h2-8,11,13,15-16,33H,9-10,12H2,1H3,(H2,25,29)(H,27,34). The third-order valence-corrected chi connectivity index (χ3v) is 6.71. The van der Waals surface area contributed by atoms with Gasteiger partial charge in [-0.15, -0.1) is 5.10 Å². The van der Waals surface area contributed by atoms with E-state index in [1.54, 1.807) is 36.2 Å². The Balaban J connectivity index is 1.51. The van der Waals surface area contributed by atoms with Gasteiger partial charge in [0.25, 0.3) is 5.91 Å². The maximum atomic E-state index is 13.8. The Morgan fingerprint density at radius 2 is 2.00 bits per heavy atom. The normalized spacial score (nSPS) is 19.8. The van der Waals surface area contributed by atoms with Crippen molar-refractivity contribution in [2.75, 3.05) is 5.73 Å². The lowest BCUT2D eigenvalue weighted by Gasteiger charge is -2.31. The molecule has 11 nitrogen and oxygen atoms in total. The molecule has 35 heavy (non-hydrogen) atoms. The number of nitrogens with two attached hydrogens (primary N) is 1. The van der Waals surface area contributed by atoms with Crippen molar-refractivity contribution >= 4 is 28.5 Å². The van der Waals surface area contributed by atoms with Gasteiger partial charge < -0.3 is 20.6 Å². The number of carbonyl (C=O) groups excluding carboxylic acids is 1. The van der Waals surface area contributed by atoms with Crippen molar-refractivity contribution in [3.63, 3.8) is 0 Å². The third kappa shape index (κ3) is 3.35. The second-order valence-electron chi connectivity index (χ2n) is 8.99. The van der Waals surface area contributed by atoms with Crippen LogP contribution in [0, 0.1) is 0 Å². The van der Waals surface area contributed by atoms with Crippen LogP contribution >= 0.6 is 0 Å². The second-order valence-corrected chi connectivity index (χ2v) is 8.99. The summed E-state index contributed by atoms with van der Waals surface area (Å²) in [4.78, 5) is 23.0. The van der Waals surface area contributed by atoms with E-state index in [1.165, 1.54) is 4.52 Å². The average Bonchev–Trinajstić information content (AvgIpc) is 3.65. The Kier molecular flexibility index (Phi) is 4.81. The number of rotatable bonds is 5. The van der Waals surface area contributed by atoms with E-state index in [0.717, 1.165) is 12.0 Å². The van der Waals surface area contributed by atoms with E-state index in [0.29, 0.717) is 41.1 Å². The van der Waals surface area contributed by atoms with Gasteiger partial charge in [0, 0.05) is 6.04 Å². The maximum Gasteiger partial charge on any atom is 0.252 e. The smallest absolute Gasteiger partial charge is 0.252 e. The molecule has 1 aliphatic carbocycles. The van der Waals surface area contributed by atoms with E-state index >= 15 is 0 Å². The fraction of sp³-hybridized carbons (Fsp3) is 0.292. The van der Waals surface area contributed by atoms with E-state index in [1.807, 2.05) is 30.3 Å². The fourth-order valence-corrected chi connectivity index (χ4v) is 4.77. The number of anilines is 1. The second kappa shape index (κ2) is 7.91. The molecule has 0 bridgehead atoms. The SMILES string of the molecule is CC(C(=O)NC1CCC(O)C1)(c1ccccc1)n1ncc2c1nc(N)n1nc(-c3ccco3)nc21. The molecule has 5 aromatic rings. The van der Waals surface area contributed by atoms with Gasteiger partial charge in [-0.3, -0.25) is 4.79 Å². The summed E-state index contributed by atoms with van der Waals surface area (Å²) in [5.74, 6) is 0.730. The minimum Gasteiger partial charge on any atom is -0.461 e. The molecule has 1 amide bonds. The third-order valence-electron chi connectivity index (χ3n) is 6.71. The van der Waals surface area contributed by atoms with E-state index < -0.39 is 11.6 Å². The number of aromatic nitrogens is 6. The molecule has 3 unspecified atom stereocenters. The van der Waals surface area contributed by atoms with Crippen molar-refractivity contribution in [2.45, 2.75) is 43.9 Å². The van der Waals surface area contributed by atoms with Crippen molar-refractivity contribution in [2.24, 2.45) is 0 Å². The van der Waals surface area contributed by atoms with Crippen LogP contribution in [0.5, 0.6) is 0 Å². The molecule has 0 spiro atoms. The molecule has 4 heterocycles. The molecule has 11 heteroatoms. The van der Waals surface area contributed by atoms with Crippen LogP contribution < -0.4 is 11.1 Å². The first kappa shape index (κ1) is 21.3. The molecule has 1 fully saturated rings. The van der Waals surface area contributed by atoms with Gasteiger partial charge in [-0.05, 0) is 43.9 Å². The number of aliphatic hydroxyl groups is 1. The zero-order chi connectivity index (χ0) is 24.2. The summed E-state index contributed by atoms with van der Waals surface area (Å²) in [5, 5.41) is 22.7. The van der Waals surface area contributed by atoms with Gasteiger partial charge in [0.1, 0.15) is 0 Å². The summed E-state index contributed by atoms with van der Waals surface area (Å²) in [7, 11) is 0. The molecule has 178 valence electrons. The first-order valence-corrected chi connectivity index (χ1v) is 11.4. The van der Waals surface area contributed by atoms with Gasteiger partial charge in [-0.2, -0.15) is 14.6 Å². The van der Waals surface area contributed by atoms with E-state index in [9.17, 15) is 9.90 Å². The van der Waals surface area contributed by atoms with Crippen LogP contribution in [0.4, 0.5) is 5.95 Å². The lowest BCUT2D eigenvalue weighted by Crippen LogP contribution is -2.50. The largest absolute Gasteiger partial charge is 0.461 e. The quantitative estimate of drug-likeness (QED) is 0.352. The Morgan fingerprint density at radius 3 is 2.71 bits per heavy atom. The summed E-state index contributed by atoms with van der Waals surface area (Å²) >= 11 is 0. The number of amides is 1. The first-order chi connectivity index (χ1) is 16.9. The number of hydrogen-bond acceptors (Lipinski definition) is 8. The number of aliphatic hydroxyl groups excluding tert-OH is 1. The van der Waals surface area contributed by atoms with Crippen LogP contribution in [0.15, 0.2) is 59.3 Å². The molecular formula is C24H24N8O3. The van der Waals surface area contributed by atoms with Crippen LogP contribution in [0.3, 0.4) is 0 Å². The van der Waals surface area contributed by atoms with Gasteiger partial charge in [0.2, 0.25) is 11.8 Å². The number of nitrogen functional groups attached to an aromatic ring is 1. The summed E-state index contributed by atoms with van der Waals surface area (Å²) in [6.07, 6.45) is 4.67. The van der Waals surface area contributed by atoms with Crippen LogP contribution in [-0.4, -0.2) is 52.5 Å². The number of carbonyl (C=O) groups is 1. The highest BCUT2D eigenvalue weighted by molar-refractivity contribution is 5.94. The molecular weight excluding hydrogens is 448 g/mol. The summed E-state index contributed by atoms with van der Waals surface area (Å²) < 4.78 is 8.45. The molecule has 1 saturated carbocycles. The Labute approximate surface area is 199 Å². The summed E-state index contributed by atoms with van der Waals surface area (Å²) in [5.41, 5.74) is 6.63. The topological polar surface area (TPSA) is 149 Å². The summed E-state index contributed by atoms with van der Waals surface area (Å²) in [6, 6.07) is 12.8. The number of furan rings is 1. The van der Waals surface area contributed by atoms with Crippen LogP contribution in [0.1, 0.15) is 31.7 Å². The van der Waals surface area contributed by atoms with Crippen LogP contribution in [0.2, 0.25) is 0 Å². The van der Waals surface area contributed by atoms with Crippen molar-refractivity contribution < 1.29 is 14.3 Å². The number of nitrogens with zero attached hydrogens (tertiary/aromatic N) is 6. The average molecular weight is 473 g/mol. The molecule has 1 aliphatic rings. The van der Waals surface area contributed by atoms with Gasteiger partial charge in [-0.25, -0.2) is 9.67 Å². The lowest BCUT2D eigenvalue weighted by molar-refractivity contribution is -0.128. The minimum absolute atomic E-state index is 0.106. The van der Waals surface area contributed by atoms with E-state index in [-0.39, 0.29) is 17.9 Å². The molecule has 0 aliphatic heterocycles. The monoisotopic (exact) mass is 472 g/mol. The lowest BCUT2D eigenvalue weighted by atomic mass is 9.90. The van der Waals surface area contributed by atoms with Crippen LogP contribution in [0.25, 0.3) is 28.3 Å². The molecule has 0 radical (unpaired) electrons. The highest BCUT2D eigenvalue weighted by atomic mass is 16.3. The zero-order valence-corrected chi connectivity index (χ0v) is 19.0. The van der Waals surface area contributed by atoms with E-state index in [4.69, 9.17) is 10.2 Å². The molecule has 4 N–H and O–H groups in total. The van der Waals surface area contributed by atoms with Crippen molar-refractivity contribution in [3.8, 4) is 11.6 Å². The maximum absolute atomic E-state index is 13.8. The zero-order valence-electron chi connectivity index (χ0n) is 19.0. The number of hydrogen-bond donors (Lipinski definition) is 3. The number of fused-ring (bicyclic) bond motifs is 3. The fourth-order valence-electron chi connectivity index (χ4n) is 4.77. The predicted molar refractivity (Wildman–Crippen MR) is 127 cm³/mol. The Hall–Kier alpha value is -4.25. The summed E-state index contributed by atoms with van der Waals surface area (Å²) in [6.45, 7) is 1.80. The number of benzene rings is 1. The molecule has 3 atom stereocenters. The van der Waals surface area contributed by atoms with Crippen LogP contribution in [-0.2, 0) is 10.3 Å². The van der Waals surface area contributed by atoms with Crippen molar-refractivity contribution in [1.29, 1.82) is 0 Å².